The van der Waals surface area contributed by atoms with Crippen molar-refractivity contribution in [2.24, 2.45) is 5.73 Å². The van der Waals surface area contributed by atoms with Gasteiger partial charge in [0.15, 0.2) is 0 Å². The Labute approximate surface area is 112 Å². The highest BCUT2D eigenvalue weighted by atomic mass is 16.1. The quantitative estimate of drug-likeness (QED) is 0.833. The summed E-state index contributed by atoms with van der Waals surface area (Å²) in [7, 11) is 0. The van der Waals surface area contributed by atoms with Crippen molar-refractivity contribution in [1.82, 2.24) is 9.13 Å². The first-order valence-electron chi connectivity index (χ1n) is 6.28. The summed E-state index contributed by atoms with van der Waals surface area (Å²) in [5.41, 5.74) is 7.36. The van der Waals surface area contributed by atoms with Crippen LogP contribution in [0.2, 0.25) is 0 Å². The molecule has 0 fully saturated rings. The van der Waals surface area contributed by atoms with Crippen LogP contribution in [-0.2, 0) is 13.1 Å². The van der Waals surface area contributed by atoms with E-state index in [0.29, 0.717) is 19.6 Å². The predicted octanol–water partition coefficient (Wildman–Crippen LogP) is 1.03. The molecule has 0 bridgehead atoms. The van der Waals surface area contributed by atoms with Gasteiger partial charge in [-0.15, -0.1) is 0 Å². The van der Waals surface area contributed by atoms with Gasteiger partial charge in [-0.25, -0.2) is 4.79 Å². The van der Waals surface area contributed by atoms with Crippen molar-refractivity contribution < 1.29 is 0 Å². The van der Waals surface area contributed by atoms with Crippen LogP contribution in [0.15, 0.2) is 41.5 Å². The third kappa shape index (κ3) is 3.15. The number of benzene rings is 1. The number of rotatable bonds is 3. The zero-order chi connectivity index (χ0) is 13.7. The standard InChI is InChI=1S/C15H17N3O/c1-2-17-10-11-18(15(17)19)12-14-7-5-13(6-8-14)4-3-9-16/h5-8,10-11H,2,9,12,16H2,1H3. The average molecular weight is 255 g/mol. The Hall–Kier alpha value is -2.25. The van der Waals surface area contributed by atoms with Crippen LogP contribution in [0.5, 0.6) is 0 Å². The van der Waals surface area contributed by atoms with Gasteiger partial charge >= 0.3 is 5.69 Å². The van der Waals surface area contributed by atoms with E-state index in [9.17, 15) is 4.79 Å². The van der Waals surface area contributed by atoms with Gasteiger partial charge in [-0.2, -0.15) is 0 Å². The second kappa shape index (κ2) is 6.07. The molecule has 0 aliphatic carbocycles. The summed E-state index contributed by atoms with van der Waals surface area (Å²) < 4.78 is 3.38. The summed E-state index contributed by atoms with van der Waals surface area (Å²) >= 11 is 0. The van der Waals surface area contributed by atoms with Crippen molar-refractivity contribution in [3.63, 3.8) is 0 Å². The summed E-state index contributed by atoms with van der Waals surface area (Å²) in [5, 5.41) is 0. The average Bonchev–Trinajstić information content (AvgIpc) is 2.79. The molecular formula is C15H17N3O. The van der Waals surface area contributed by atoms with Gasteiger partial charge in [-0.1, -0.05) is 24.0 Å². The topological polar surface area (TPSA) is 52.9 Å². The molecule has 0 saturated carbocycles. The van der Waals surface area contributed by atoms with Crippen molar-refractivity contribution in [2.45, 2.75) is 20.0 Å². The largest absolute Gasteiger partial charge is 0.328 e. The number of aromatic nitrogens is 2. The fraction of sp³-hybridized carbons (Fsp3) is 0.267. The summed E-state index contributed by atoms with van der Waals surface area (Å²) in [6.07, 6.45) is 3.62. The van der Waals surface area contributed by atoms with Gasteiger partial charge in [0.1, 0.15) is 0 Å². The maximum Gasteiger partial charge on any atom is 0.328 e. The maximum absolute atomic E-state index is 11.9. The number of hydrogen-bond donors (Lipinski definition) is 1. The third-order valence-corrected chi connectivity index (χ3v) is 2.90. The molecule has 0 saturated heterocycles. The molecule has 4 heteroatoms. The van der Waals surface area contributed by atoms with Gasteiger partial charge in [0.05, 0.1) is 13.1 Å². The summed E-state index contributed by atoms with van der Waals surface area (Å²) in [6.45, 7) is 3.59. The molecule has 0 aliphatic heterocycles. The van der Waals surface area contributed by atoms with Crippen LogP contribution in [0.1, 0.15) is 18.1 Å². The van der Waals surface area contributed by atoms with Crippen molar-refractivity contribution in [3.8, 4) is 11.8 Å². The molecule has 19 heavy (non-hydrogen) atoms. The Balaban J connectivity index is 2.15. The van der Waals surface area contributed by atoms with Crippen LogP contribution < -0.4 is 11.4 Å². The van der Waals surface area contributed by atoms with E-state index in [1.807, 2.05) is 43.6 Å². The highest BCUT2D eigenvalue weighted by molar-refractivity contribution is 5.36. The van der Waals surface area contributed by atoms with E-state index in [2.05, 4.69) is 11.8 Å². The van der Waals surface area contributed by atoms with E-state index in [-0.39, 0.29) is 5.69 Å². The lowest BCUT2D eigenvalue weighted by atomic mass is 10.1. The van der Waals surface area contributed by atoms with E-state index < -0.39 is 0 Å². The second-order valence-electron chi connectivity index (χ2n) is 4.20. The molecule has 0 atom stereocenters. The number of nitrogens with zero attached hydrogens (tertiary/aromatic N) is 2. The SMILES string of the molecule is CCn1ccn(Cc2ccc(C#CCN)cc2)c1=O. The minimum Gasteiger partial charge on any atom is -0.320 e. The monoisotopic (exact) mass is 255 g/mol. The Morgan fingerprint density at radius 3 is 2.42 bits per heavy atom. The van der Waals surface area contributed by atoms with Gasteiger partial charge in [0.2, 0.25) is 0 Å². The molecule has 0 amide bonds. The first-order valence-corrected chi connectivity index (χ1v) is 6.28. The molecule has 1 aromatic carbocycles. The van der Waals surface area contributed by atoms with Crippen molar-refractivity contribution in [3.05, 3.63) is 58.3 Å². The van der Waals surface area contributed by atoms with E-state index in [1.54, 1.807) is 9.13 Å². The molecule has 4 nitrogen and oxygen atoms in total. The van der Waals surface area contributed by atoms with Crippen LogP contribution >= 0.6 is 0 Å². The Bertz CT molecular complexity index is 653. The molecule has 0 aliphatic rings. The Kier molecular flexibility index (Phi) is 4.22. The molecule has 0 radical (unpaired) electrons. The Morgan fingerprint density at radius 2 is 1.84 bits per heavy atom. The number of nitrogens with two attached hydrogens (primary N) is 1. The van der Waals surface area contributed by atoms with Crippen LogP contribution in [-0.4, -0.2) is 15.7 Å². The highest BCUT2D eigenvalue weighted by Gasteiger charge is 2.02. The first kappa shape index (κ1) is 13.2. The number of aryl methyl sites for hydroxylation is 1. The molecule has 2 N–H and O–H groups in total. The van der Waals surface area contributed by atoms with Gasteiger partial charge in [-0.3, -0.25) is 9.13 Å². The summed E-state index contributed by atoms with van der Waals surface area (Å²) in [6, 6.07) is 7.85. The minimum absolute atomic E-state index is 0.0227. The van der Waals surface area contributed by atoms with Crippen molar-refractivity contribution in [1.29, 1.82) is 0 Å². The summed E-state index contributed by atoms with van der Waals surface area (Å²) in [4.78, 5) is 11.9. The minimum atomic E-state index is 0.0227. The van der Waals surface area contributed by atoms with Gasteiger partial charge in [0.25, 0.3) is 0 Å². The lowest BCUT2D eigenvalue weighted by Gasteiger charge is -2.02. The third-order valence-electron chi connectivity index (χ3n) is 2.90. The van der Waals surface area contributed by atoms with E-state index in [1.165, 1.54) is 0 Å². The Morgan fingerprint density at radius 1 is 1.16 bits per heavy atom. The normalized spacial score (nSPS) is 10.0. The smallest absolute Gasteiger partial charge is 0.320 e. The molecule has 0 spiro atoms. The van der Waals surface area contributed by atoms with Crippen LogP contribution in [0.3, 0.4) is 0 Å². The van der Waals surface area contributed by atoms with Crippen LogP contribution in [0.25, 0.3) is 0 Å². The van der Waals surface area contributed by atoms with E-state index in [4.69, 9.17) is 5.73 Å². The van der Waals surface area contributed by atoms with E-state index >= 15 is 0 Å². The zero-order valence-electron chi connectivity index (χ0n) is 11.0. The van der Waals surface area contributed by atoms with Gasteiger partial charge < -0.3 is 5.73 Å². The van der Waals surface area contributed by atoms with E-state index in [0.717, 1.165) is 11.1 Å². The molecule has 2 aromatic rings. The fourth-order valence-electron chi connectivity index (χ4n) is 1.86. The zero-order valence-corrected chi connectivity index (χ0v) is 11.0. The van der Waals surface area contributed by atoms with Crippen LogP contribution in [0, 0.1) is 11.8 Å². The number of imidazole rings is 1. The molecule has 0 unspecified atom stereocenters. The second-order valence-corrected chi connectivity index (χ2v) is 4.20. The predicted molar refractivity (Wildman–Crippen MR) is 75.8 cm³/mol. The fourth-order valence-corrected chi connectivity index (χ4v) is 1.86. The molecule has 1 heterocycles. The van der Waals surface area contributed by atoms with Crippen molar-refractivity contribution >= 4 is 0 Å². The summed E-state index contributed by atoms with van der Waals surface area (Å²) in [5.74, 6) is 5.79. The molecule has 1 aromatic heterocycles. The molecular weight excluding hydrogens is 238 g/mol. The highest BCUT2D eigenvalue weighted by Crippen LogP contribution is 2.04. The van der Waals surface area contributed by atoms with Gasteiger partial charge in [0, 0.05) is 24.5 Å². The number of hydrogen-bond acceptors (Lipinski definition) is 2. The van der Waals surface area contributed by atoms with Gasteiger partial charge in [-0.05, 0) is 24.6 Å². The molecule has 98 valence electrons. The maximum atomic E-state index is 11.9. The van der Waals surface area contributed by atoms with Crippen LogP contribution in [0.4, 0.5) is 0 Å². The lowest BCUT2D eigenvalue weighted by molar-refractivity contribution is 0.668. The molecule has 2 rings (SSSR count). The van der Waals surface area contributed by atoms with Crippen molar-refractivity contribution in [2.75, 3.05) is 6.54 Å². The first-order chi connectivity index (χ1) is 9.24. The lowest BCUT2D eigenvalue weighted by Crippen LogP contribution is -2.23.